The van der Waals surface area contributed by atoms with Gasteiger partial charge in [0.1, 0.15) is 12.2 Å². The maximum absolute atomic E-state index is 12.4. The van der Waals surface area contributed by atoms with Crippen molar-refractivity contribution in [1.82, 2.24) is 5.32 Å². The molecule has 0 heterocycles. The van der Waals surface area contributed by atoms with Crippen molar-refractivity contribution in [2.24, 2.45) is 0 Å². The van der Waals surface area contributed by atoms with E-state index in [1.165, 1.54) is 148 Å². The van der Waals surface area contributed by atoms with Gasteiger partial charge in [-0.3, -0.25) is 4.79 Å². The third-order valence-electron chi connectivity index (χ3n) is 9.57. The molecule has 0 aromatic heterocycles. The first-order valence-corrected chi connectivity index (χ1v) is 19.9. The number of hydrogen-bond acceptors (Lipinski definition) is 5. The van der Waals surface area contributed by atoms with Crippen molar-refractivity contribution in [2.75, 3.05) is 6.61 Å². The quantitative estimate of drug-likeness (QED) is 0.0438. The van der Waals surface area contributed by atoms with Gasteiger partial charge in [0.05, 0.1) is 18.8 Å². The van der Waals surface area contributed by atoms with E-state index in [1.54, 1.807) is 0 Å². The third-order valence-corrected chi connectivity index (χ3v) is 9.57. The molecule has 0 saturated heterocycles. The molecular weight excluding hydrogens is 562 g/mol. The average molecular weight is 642 g/mol. The molecule has 0 aromatic rings. The fraction of sp³-hybridized carbons (Fsp3) is 0.974. The van der Waals surface area contributed by atoms with Crippen LogP contribution in [0.5, 0.6) is 0 Å². The summed E-state index contributed by atoms with van der Waals surface area (Å²) in [5, 5.41) is 43.3. The Kier molecular flexibility index (Phi) is 34.1. The molecule has 1 amide bonds. The SMILES string of the molecule is CCCCCCCCCCCCCCCCCCCCCCCC(O)C(=O)NC(CO)C(O)C(O)CCCCCCCCCC. The largest absolute Gasteiger partial charge is 0.394 e. The topological polar surface area (TPSA) is 110 Å². The Balaban J connectivity index is 3.65. The molecule has 0 bridgehead atoms. The summed E-state index contributed by atoms with van der Waals surface area (Å²) < 4.78 is 0. The Bertz CT molecular complexity index is 604. The number of unbranched alkanes of at least 4 members (excludes halogenated alkanes) is 27. The molecule has 0 aliphatic carbocycles. The molecule has 270 valence electrons. The molecule has 0 fully saturated rings. The summed E-state index contributed by atoms with van der Waals surface area (Å²) >= 11 is 0. The van der Waals surface area contributed by atoms with E-state index < -0.39 is 36.9 Å². The smallest absolute Gasteiger partial charge is 0.249 e. The van der Waals surface area contributed by atoms with E-state index in [0.29, 0.717) is 12.8 Å². The fourth-order valence-electron chi connectivity index (χ4n) is 6.34. The minimum atomic E-state index is -1.25. The van der Waals surface area contributed by atoms with Crippen molar-refractivity contribution < 1.29 is 25.2 Å². The van der Waals surface area contributed by atoms with Crippen molar-refractivity contribution in [3.8, 4) is 0 Å². The molecule has 0 radical (unpaired) electrons. The summed E-state index contributed by atoms with van der Waals surface area (Å²) in [6.45, 7) is 4.01. The Labute approximate surface area is 279 Å². The van der Waals surface area contributed by atoms with Gasteiger partial charge in [0.2, 0.25) is 5.91 Å². The highest BCUT2D eigenvalue weighted by Crippen LogP contribution is 2.16. The number of carbonyl (C=O) groups excluding carboxylic acids is 1. The van der Waals surface area contributed by atoms with E-state index in [-0.39, 0.29) is 0 Å². The highest BCUT2D eigenvalue weighted by Gasteiger charge is 2.28. The van der Waals surface area contributed by atoms with Crippen molar-refractivity contribution in [1.29, 1.82) is 0 Å². The average Bonchev–Trinajstić information content (AvgIpc) is 3.04. The lowest BCUT2D eigenvalue weighted by Gasteiger charge is -2.27. The molecule has 0 spiro atoms. The summed E-state index contributed by atoms with van der Waals surface area (Å²) in [5.74, 6) is -0.583. The van der Waals surface area contributed by atoms with Gasteiger partial charge in [-0.1, -0.05) is 200 Å². The van der Waals surface area contributed by atoms with Crippen molar-refractivity contribution in [3.63, 3.8) is 0 Å². The van der Waals surface area contributed by atoms with Crippen LogP contribution >= 0.6 is 0 Å². The second kappa shape index (κ2) is 34.6. The zero-order valence-corrected chi connectivity index (χ0v) is 30.1. The minimum Gasteiger partial charge on any atom is -0.394 e. The van der Waals surface area contributed by atoms with Crippen LogP contribution in [-0.4, -0.2) is 57.3 Å². The molecule has 0 aliphatic heterocycles. The summed E-state index contributed by atoms with van der Waals surface area (Å²) in [6.07, 6.45) is 34.3. The Hall–Kier alpha value is -0.690. The van der Waals surface area contributed by atoms with E-state index in [4.69, 9.17) is 0 Å². The van der Waals surface area contributed by atoms with Crippen LogP contribution in [0.4, 0.5) is 0 Å². The molecule has 4 atom stereocenters. The van der Waals surface area contributed by atoms with E-state index in [9.17, 15) is 25.2 Å². The number of aliphatic hydroxyl groups is 4. The maximum atomic E-state index is 12.4. The summed E-state index contributed by atoms with van der Waals surface area (Å²) in [7, 11) is 0. The lowest BCUT2D eigenvalue weighted by atomic mass is 9.99. The van der Waals surface area contributed by atoms with E-state index >= 15 is 0 Å². The molecule has 5 N–H and O–H groups in total. The minimum absolute atomic E-state index is 0.375. The predicted molar refractivity (Wildman–Crippen MR) is 192 cm³/mol. The lowest BCUT2D eigenvalue weighted by Crippen LogP contribution is -2.53. The van der Waals surface area contributed by atoms with Crippen molar-refractivity contribution in [3.05, 3.63) is 0 Å². The Morgan fingerprint density at radius 1 is 0.467 bits per heavy atom. The molecule has 4 unspecified atom stereocenters. The molecule has 0 aliphatic rings. The molecule has 45 heavy (non-hydrogen) atoms. The van der Waals surface area contributed by atoms with Crippen LogP contribution in [0.1, 0.15) is 213 Å². The second-order valence-electron chi connectivity index (χ2n) is 14.0. The number of rotatable bonds is 36. The van der Waals surface area contributed by atoms with Crippen LogP contribution in [-0.2, 0) is 4.79 Å². The van der Waals surface area contributed by atoms with Crippen molar-refractivity contribution >= 4 is 5.91 Å². The highest BCUT2D eigenvalue weighted by molar-refractivity contribution is 5.80. The van der Waals surface area contributed by atoms with Crippen LogP contribution in [0.2, 0.25) is 0 Å². The van der Waals surface area contributed by atoms with E-state index in [1.807, 2.05) is 0 Å². The van der Waals surface area contributed by atoms with Gasteiger partial charge < -0.3 is 25.7 Å². The van der Waals surface area contributed by atoms with Gasteiger partial charge in [0.25, 0.3) is 0 Å². The maximum Gasteiger partial charge on any atom is 0.249 e. The zero-order chi connectivity index (χ0) is 33.2. The van der Waals surface area contributed by atoms with Gasteiger partial charge in [0.15, 0.2) is 0 Å². The molecule has 0 rings (SSSR count). The van der Waals surface area contributed by atoms with Gasteiger partial charge in [-0.05, 0) is 12.8 Å². The molecule has 6 heteroatoms. The first-order chi connectivity index (χ1) is 22.0. The zero-order valence-electron chi connectivity index (χ0n) is 30.1. The number of aliphatic hydroxyl groups excluding tert-OH is 4. The van der Waals surface area contributed by atoms with E-state index in [2.05, 4.69) is 19.2 Å². The van der Waals surface area contributed by atoms with Crippen LogP contribution in [0.25, 0.3) is 0 Å². The molecular formula is C39H79NO5. The molecule has 0 saturated carbocycles. The number of nitrogens with one attached hydrogen (secondary N) is 1. The fourth-order valence-corrected chi connectivity index (χ4v) is 6.34. The predicted octanol–water partition coefficient (Wildman–Crippen LogP) is 9.68. The van der Waals surface area contributed by atoms with Gasteiger partial charge in [-0.25, -0.2) is 0 Å². The standard InChI is InChI=1S/C39H79NO5/c1-3-5-7-9-11-13-14-15-16-17-18-19-20-21-22-23-24-25-27-29-31-33-37(43)39(45)40-35(34-41)38(44)36(42)32-30-28-26-12-10-8-6-4-2/h35-38,41-44H,3-34H2,1-2H3,(H,40,45). The second-order valence-corrected chi connectivity index (χ2v) is 14.0. The van der Waals surface area contributed by atoms with Gasteiger partial charge in [-0.15, -0.1) is 0 Å². The molecule has 0 aromatic carbocycles. The normalized spacial score (nSPS) is 14.4. The first kappa shape index (κ1) is 44.3. The van der Waals surface area contributed by atoms with Crippen LogP contribution < -0.4 is 5.32 Å². The Morgan fingerprint density at radius 3 is 1.07 bits per heavy atom. The summed E-state index contributed by atoms with van der Waals surface area (Å²) in [5.41, 5.74) is 0. The third kappa shape index (κ3) is 29.2. The number of hydrogen-bond donors (Lipinski definition) is 5. The molecule has 6 nitrogen and oxygen atoms in total. The van der Waals surface area contributed by atoms with Crippen LogP contribution in [0.3, 0.4) is 0 Å². The Morgan fingerprint density at radius 2 is 0.756 bits per heavy atom. The van der Waals surface area contributed by atoms with Crippen molar-refractivity contribution in [2.45, 2.75) is 237 Å². The van der Waals surface area contributed by atoms with Gasteiger partial charge >= 0.3 is 0 Å². The monoisotopic (exact) mass is 642 g/mol. The van der Waals surface area contributed by atoms with Crippen LogP contribution in [0, 0.1) is 0 Å². The lowest BCUT2D eigenvalue weighted by molar-refractivity contribution is -0.132. The summed E-state index contributed by atoms with van der Waals surface area (Å²) in [4.78, 5) is 12.4. The summed E-state index contributed by atoms with van der Waals surface area (Å²) in [6, 6.07) is -0.976. The first-order valence-electron chi connectivity index (χ1n) is 19.9. The van der Waals surface area contributed by atoms with Gasteiger partial charge in [0, 0.05) is 0 Å². The van der Waals surface area contributed by atoms with Crippen LogP contribution in [0.15, 0.2) is 0 Å². The number of carbonyl (C=O) groups is 1. The van der Waals surface area contributed by atoms with E-state index in [0.717, 1.165) is 38.5 Å². The number of amides is 1. The van der Waals surface area contributed by atoms with Gasteiger partial charge in [-0.2, -0.15) is 0 Å². The highest BCUT2D eigenvalue weighted by atomic mass is 16.3.